The molecule has 0 aromatic heterocycles. The molecule has 160 valence electrons. The van der Waals surface area contributed by atoms with E-state index in [1.807, 2.05) is 12.2 Å². The first-order valence-electron chi connectivity index (χ1n) is 11.8. The monoisotopic (exact) mass is 408 g/mol. The van der Waals surface area contributed by atoms with Gasteiger partial charge in [-0.15, -0.1) is 0 Å². The SMILES string of the molecule is COC(=O)CCC/C=C\CC1C=CC(=O)/C1=C/CC(O)CC12C3C4C1C1C2C3C41C. The number of carbonyl (C=O) groups is 2. The Bertz CT molecular complexity index is 839. The number of methoxy groups -OCH3 is 1. The number of esters is 1. The summed E-state index contributed by atoms with van der Waals surface area (Å²) < 4.78 is 4.64. The summed E-state index contributed by atoms with van der Waals surface area (Å²) in [6.45, 7) is 2.51. The van der Waals surface area contributed by atoms with E-state index in [0.717, 1.165) is 72.2 Å². The van der Waals surface area contributed by atoms with Crippen molar-refractivity contribution in [2.24, 2.45) is 52.3 Å². The second-order valence-electron chi connectivity index (χ2n) is 10.9. The molecule has 6 fully saturated rings. The summed E-state index contributed by atoms with van der Waals surface area (Å²) in [5.74, 6) is 5.88. The molecule has 7 aliphatic carbocycles. The topological polar surface area (TPSA) is 63.6 Å². The molecule has 2 unspecified atom stereocenters. The Kier molecular flexibility index (Phi) is 3.92. The van der Waals surface area contributed by atoms with Gasteiger partial charge in [0.05, 0.1) is 13.2 Å². The second-order valence-corrected chi connectivity index (χ2v) is 10.9. The number of unbranched alkanes of at least 4 members (excludes halogenated alkanes) is 1. The number of ether oxygens (including phenoxy) is 1. The Balaban J connectivity index is 0.984. The van der Waals surface area contributed by atoms with Crippen molar-refractivity contribution in [1.82, 2.24) is 0 Å². The molecule has 6 saturated carbocycles. The van der Waals surface area contributed by atoms with Gasteiger partial charge in [-0.1, -0.05) is 31.2 Å². The van der Waals surface area contributed by atoms with E-state index >= 15 is 0 Å². The fourth-order valence-corrected chi connectivity index (χ4v) is 9.32. The number of aliphatic hydroxyl groups is 1. The van der Waals surface area contributed by atoms with Gasteiger partial charge in [-0.05, 0) is 84.5 Å². The quantitative estimate of drug-likeness (QED) is 0.258. The first-order chi connectivity index (χ1) is 14.5. The van der Waals surface area contributed by atoms with Crippen LogP contribution >= 0.6 is 0 Å². The van der Waals surface area contributed by atoms with Crippen molar-refractivity contribution in [1.29, 1.82) is 0 Å². The van der Waals surface area contributed by atoms with E-state index in [1.165, 1.54) is 7.11 Å². The number of aliphatic hydroxyl groups excluding tert-OH is 1. The Morgan fingerprint density at radius 2 is 1.90 bits per heavy atom. The molecule has 2 atom stereocenters. The van der Waals surface area contributed by atoms with Crippen LogP contribution in [0.5, 0.6) is 0 Å². The zero-order chi connectivity index (χ0) is 20.8. The van der Waals surface area contributed by atoms with Gasteiger partial charge in [0, 0.05) is 17.9 Å². The number of carbonyl (C=O) groups excluding carboxylic acids is 2. The second kappa shape index (κ2) is 6.18. The van der Waals surface area contributed by atoms with Crippen molar-refractivity contribution < 1.29 is 19.4 Å². The molecule has 0 aliphatic heterocycles. The summed E-state index contributed by atoms with van der Waals surface area (Å²) in [5.41, 5.74) is 2.09. The molecule has 0 saturated heterocycles. The molecular weight excluding hydrogens is 376 g/mol. The van der Waals surface area contributed by atoms with Crippen LogP contribution in [-0.4, -0.2) is 30.1 Å². The van der Waals surface area contributed by atoms with Crippen molar-refractivity contribution in [3.8, 4) is 0 Å². The standard InChI is InChI=1S/C26H32O4/c1-25-19-22-20(25)24-21(25)23(19)26(22,24)13-15(27)10-11-16-14(9-12-17(16)28)7-5-3-4-6-8-18(29)30-2/h3,5,9,11-12,14-15,19-24,27H,4,6-8,10,13H2,1-2H3/b5-3-,16-11+. The average Bonchev–Trinajstić information content (AvgIpc) is 3.10. The molecular formula is C26H32O4. The summed E-state index contributed by atoms with van der Waals surface area (Å²) >= 11 is 0. The van der Waals surface area contributed by atoms with E-state index in [-0.39, 0.29) is 23.8 Å². The largest absolute Gasteiger partial charge is 0.469 e. The molecule has 7 aliphatic rings. The molecule has 7 rings (SSSR count). The minimum Gasteiger partial charge on any atom is -0.469 e. The van der Waals surface area contributed by atoms with E-state index in [4.69, 9.17) is 0 Å². The van der Waals surface area contributed by atoms with E-state index in [9.17, 15) is 14.7 Å². The molecule has 0 amide bonds. The van der Waals surface area contributed by atoms with Crippen LogP contribution in [0.25, 0.3) is 0 Å². The minimum absolute atomic E-state index is 0.0932. The maximum Gasteiger partial charge on any atom is 0.305 e. The molecule has 0 aromatic carbocycles. The fourth-order valence-electron chi connectivity index (χ4n) is 9.32. The summed E-state index contributed by atoms with van der Waals surface area (Å²) in [6, 6.07) is 0. The van der Waals surface area contributed by atoms with Gasteiger partial charge in [-0.2, -0.15) is 0 Å². The normalized spacial score (nSPS) is 49.8. The highest BCUT2D eigenvalue weighted by atomic mass is 16.5. The van der Waals surface area contributed by atoms with Crippen LogP contribution in [0.3, 0.4) is 0 Å². The molecule has 30 heavy (non-hydrogen) atoms. The maximum atomic E-state index is 12.3. The number of ketones is 1. The van der Waals surface area contributed by atoms with Gasteiger partial charge < -0.3 is 9.84 Å². The van der Waals surface area contributed by atoms with Gasteiger partial charge in [-0.3, -0.25) is 9.59 Å². The van der Waals surface area contributed by atoms with Crippen molar-refractivity contribution in [2.45, 2.75) is 51.6 Å². The average molecular weight is 409 g/mol. The van der Waals surface area contributed by atoms with Gasteiger partial charge in [0.25, 0.3) is 0 Å². The van der Waals surface area contributed by atoms with Gasteiger partial charge in [0.15, 0.2) is 5.78 Å². The fraction of sp³-hybridized carbons (Fsp3) is 0.692. The van der Waals surface area contributed by atoms with E-state index < -0.39 is 0 Å². The lowest BCUT2D eigenvalue weighted by Gasteiger charge is -3.12. The third-order valence-electron chi connectivity index (χ3n) is 10.2. The van der Waals surface area contributed by atoms with Crippen molar-refractivity contribution in [2.75, 3.05) is 7.11 Å². The number of hydrogen-bond donors (Lipinski definition) is 1. The van der Waals surface area contributed by atoms with Crippen LogP contribution in [-0.2, 0) is 14.3 Å². The highest BCUT2D eigenvalue weighted by Gasteiger charge is 3.07. The Morgan fingerprint density at radius 3 is 2.57 bits per heavy atom. The lowest BCUT2D eigenvalue weighted by atomic mass is 8.92. The van der Waals surface area contributed by atoms with Gasteiger partial charge in [0.1, 0.15) is 0 Å². The predicted octanol–water partition coefficient (Wildman–Crippen LogP) is 3.86. The van der Waals surface area contributed by atoms with Gasteiger partial charge in [-0.25, -0.2) is 0 Å². The smallest absolute Gasteiger partial charge is 0.305 e. The first-order valence-corrected chi connectivity index (χ1v) is 11.8. The van der Waals surface area contributed by atoms with E-state index in [0.29, 0.717) is 18.3 Å². The van der Waals surface area contributed by atoms with Crippen molar-refractivity contribution in [3.63, 3.8) is 0 Å². The Hall–Kier alpha value is -1.68. The predicted molar refractivity (Wildman–Crippen MR) is 112 cm³/mol. The number of hydrogen-bond acceptors (Lipinski definition) is 4. The molecule has 0 radical (unpaired) electrons. The minimum atomic E-state index is -0.307. The van der Waals surface area contributed by atoms with Crippen LogP contribution in [0, 0.1) is 52.3 Å². The van der Waals surface area contributed by atoms with E-state index in [2.05, 4.69) is 23.8 Å². The third kappa shape index (κ3) is 1.98. The molecule has 0 heterocycles. The Morgan fingerprint density at radius 1 is 1.20 bits per heavy atom. The molecule has 4 heteroatoms. The highest BCUT2D eigenvalue weighted by Crippen LogP contribution is 3.10. The van der Waals surface area contributed by atoms with Crippen LogP contribution in [0.1, 0.15) is 45.4 Å². The molecule has 0 aromatic rings. The third-order valence-corrected chi connectivity index (χ3v) is 10.2. The first kappa shape index (κ1) is 19.0. The maximum absolute atomic E-state index is 12.3. The van der Waals surface area contributed by atoms with Crippen LogP contribution in [0.2, 0.25) is 0 Å². The summed E-state index contributed by atoms with van der Waals surface area (Å²) in [6.07, 6.45) is 14.0. The van der Waals surface area contributed by atoms with Crippen molar-refractivity contribution in [3.05, 3.63) is 36.0 Å². The molecule has 4 nitrogen and oxygen atoms in total. The lowest BCUT2D eigenvalue weighted by Crippen LogP contribution is -3.09. The zero-order valence-corrected chi connectivity index (χ0v) is 17.9. The van der Waals surface area contributed by atoms with Gasteiger partial charge >= 0.3 is 5.97 Å². The van der Waals surface area contributed by atoms with Crippen LogP contribution in [0.4, 0.5) is 0 Å². The summed E-state index contributed by atoms with van der Waals surface area (Å²) in [5, 5.41) is 10.8. The van der Waals surface area contributed by atoms with Crippen LogP contribution in [0.15, 0.2) is 36.0 Å². The van der Waals surface area contributed by atoms with Crippen molar-refractivity contribution >= 4 is 11.8 Å². The number of rotatable bonds is 10. The van der Waals surface area contributed by atoms with E-state index in [1.54, 1.807) is 6.08 Å². The van der Waals surface area contributed by atoms with Crippen LogP contribution < -0.4 is 0 Å². The molecule has 0 spiro atoms. The number of allylic oxidation sites excluding steroid dienone is 5. The Labute approximate surface area is 178 Å². The lowest BCUT2D eigenvalue weighted by molar-refractivity contribution is -0.656. The highest BCUT2D eigenvalue weighted by molar-refractivity contribution is 6.07. The zero-order valence-electron chi connectivity index (χ0n) is 17.9. The molecule has 0 bridgehead atoms. The van der Waals surface area contributed by atoms with Gasteiger partial charge in [0.2, 0.25) is 0 Å². The summed E-state index contributed by atoms with van der Waals surface area (Å²) in [4.78, 5) is 23.4. The molecule has 1 N–H and O–H groups in total. The summed E-state index contributed by atoms with van der Waals surface area (Å²) in [7, 11) is 1.41.